The molecule has 24 heavy (non-hydrogen) atoms. The van der Waals surface area contributed by atoms with Crippen LogP contribution in [0.4, 0.5) is 0 Å². The lowest BCUT2D eigenvalue weighted by Gasteiger charge is -2.17. The normalized spacial score (nSPS) is 12.9. The highest BCUT2D eigenvalue weighted by Gasteiger charge is 2.19. The molecule has 0 radical (unpaired) electrons. The predicted octanol–water partition coefficient (Wildman–Crippen LogP) is 6.10. The standard InChI is InChI=1S/C24H22/c1-16-9-12-20-14-22-17(2)10-11-18(3)24(22)23(15-21(20)13-16)19-7-5-4-6-8-19/h4-13,15H,14H2,1-3H3. The second-order valence-electron chi connectivity index (χ2n) is 6.86. The molecule has 0 N–H and O–H groups in total. The van der Waals surface area contributed by atoms with E-state index in [0.29, 0.717) is 0 Å². The van der Waals surface area contributed by atoms with Gasteiger partial charge < -0.3 is 0 Å². The van der Waals surface area contributed by atoms with Crippen LogP contribution >= 0.6 is 0 Å². The molecule has 1 aliphatic rings. The van der Waals surface area contributed by atoms with E-state index in [-0.39, 0.29) is 0 Å². The van der Waals surface area contributed by atoms with Gasteiger partial charge in [-0.3, -0.25) is 0 Å². The van der Waals surface area contributed by atoms with Gasteiger partial charge in [-0.05, 0) is 77.8 Å². The van der Waals surface area contributed by atoms with E-state index in [1.54, 1.807) is 0 Å². The molecule has 0 heteroatoms. The van der Waals surface area contributed by atoms with Crippen molar-refractivity contribution in [1.29, 1.82) is 0 Å². The van der Waals surface area contributed by atoms with E-state index in [1.807, 2.05) is 0 Å². The summed E-state index contributed by atoms with van der Waals surface area (Å²) in [5.41, 5.74) is 12.3. The van der Waals surface area contributed by atoms with E-state index in [2.05, 4.69) is 87.5 Å². The van der Waals surface area contributed by atoms with Gasteiger partial charge in [0.15, 0.2) is 0 Å². The van der Waals surface area contributed by atoms with Crippen molar-refractivity contribution in [3.8, 4) is 0 Å². The summed E-state index contributed by atoms with van der Waals surface area (Å²) in [6, 6.07) is 22.1. The van der Waals surface area contributed by atoms with Crippen LogP contribution in [0.25, 0.3) is 11.6 Å². The maximum Gasteiger partial charge on any atom is -0.00109 e. The SMILES string of the molecule is Cc1ccc2c(c1)C=C(c1ccccc1)c1c(C)ccc(C)c1C2. The topological polar surface area (TPSA) is 0 Å². The largest absolute Gasteiger partial charge is 0.0622 e. The van der Waals surface area contributed by atoms with E-state index in [4.69, 9.17) is 0 Å². The van der Waals surface area contributed by atoms with Crippen molar-refractivity contribution in [1.82, 2.24) is 0 Å². The molecule has 0 unspecified atom stereocenters. The third-order valence-corrected chi connectivity index (χ3v) is 5.08. The van der Waals surface area contributed by atoms with Gasteiger partial charge in [-0.15, -0.1) is 0 Å². The highest BCUT2D eigenvalue weighted by atomic mass is 14.2. The van der Waals surface area contributed by atoms with Crippen LogP contribution in [0.15, 0.2) is 60.7 Å². The predicted molar refractivity (Wildman–Crippen MR) is 103 cm³/mol. The average molecular weight is 310 g/mol. The van der Waals surface area contributed by atoms with Crippen LogP contribution in [-0.4, -0.2) is 0 Å². The zero-order valence-corrected chi connectivity index (χ0v) is 14.6. The molecule has 3 aromatic rings. The van der Waals surface area contributed by atoms with Crippen LogP contribution in [-0.2, 0) is 6.42 Å². The maximum absolute atomic E-state index is 2.38. The number of rotatable bonds is 1. The Balaban J connectivity index is 2.07. The minimum Gasteiger partial charge on any atom is -0.0622 e. The van der Waals surface area contributed by atoms with Crippen LogP contribution < -0.4 is 0 Å². The fourth-order valence-electron chi connectivity index (χ4n) is 3.75. The second kappa shape index (κ2) is 5.79. The molecule has 0 aliphatic heterocycles. The van der Waals surface area contributed by atoms with E-state index >= 15 is 0 Å². The molecule has 4 rings (SSSR count). The molecule has 0 bridgehead atoms. The summed E-state index contributed by atoms with van der Waals surface area (Å²) in [7, 11) is 0. The monoisotopic (exact) mass is 310 g/mol. The Hall–Kier alpha value is -2.60. The summed E-state index contributed by atoms with van der Waals surface area (Å²) in [5, 5.41) is 0. The first-order valence-corrected chi connectivity index (χ1v) is 8.59. The first-order valence-electron chi connectivity index (χ1n) is 8.59. The molecule has 3 aromatic carbocycles. The quantitative estimate of drug-likeness (QED) is 0.398. The Morgan fingerprint density at radius 1 is 0.750 bits per heavy atom. The zero-order chi connectivity index (χ0) is 16.7. The van der Waals surface area contributed by atoms with Crippen LogP contribution in [0.2, 0.25) is 0 Å². The van der Waals surface area contributed by atoms with Gasteiger partial charge >= 0.3 is 0 Å². The molecular weight excluding hydrogens is 288 g/mol. The summed E-state index contributed by atoms with van der Waals surface area (Å²) in [6.45, 7) is 6.64. The van der Waals surface area contributed by atoms with Gasteiger partial charge in [0.25, 0.3) is 0 Å². The van der Waals surface area contributed by atoms with Gasteiger partial charge in [-0.2, -0.15) is 0 Å². The van der Waals surface area contributed by atoms with Gasteiger partial charge in [0.05, 0.1) is 0 Å². The van der Waals surface area contributed by atoms with Crippen molar-refractivity contribution < 1.29 is 0 Å². The number of fused-ring (bicyclic) bond motifs is 2. The molecule has 0 nitrogen and oxygen atoms in total. The summed E-state index contributed by atoms with van der Waals surface area (Å²) < 4.78 is 0. The number of aryl methyl sites for hydroxylation is 3. The molecule has 1 aliphatic carbocycles. The summed E-state index contributed by atoms with van der Waals surface area (Å²) in [4.78, 5) is 0. The molecule has 0 saturated heterocycles. The Labute approximate surface area is 144 Å². The number of hydrogen-bond acceptors (Lipinski definition) is 0. The van der Waals surface area contributed by atoms with Gasteiger partial charge in [-0.1, -0.05) is 66.2 Å². The summed E-state index contributed by atoms with van der Waals surface area (Å²) >= 11 is 0. The van der Waals surface area contributed by atoms with E-state index < -0.39 is 0 Å². The minimum atomic E-state index is 1.01. The van der Waals surface area contributed by atoms with E-state index in [9.17, 15) is 0 Å². The molecule has 0 fully saturated rings. The molecule has 0 spiro atoms. The van der Waals surface area contributed by atoms with Crippen molar-refractivity contribution in [3.05, 3.63) is 105 Å². The smallest absolute Gasteiger partial charge is 0.00109 e. The van der Waals surface area contributed by atoms with Gasteiger partial charge in [0, 0.05) is 0 Å². The lowest BCUT2D eigenvalue weighted by molar-refractivity contribution is 1.13. The van der Waals surface area contributed by atoms with Crippen molar-refractivity contribution >= 4 is 11.6 Å². The lowest BCUT2D eigenvalue weighted by Crippen LogP contribution is -2.00. The van der Waals surface area contributed by atoms with Gasteiger partial charge in [-0.25, -0.2) is 0 Å². The molecular formula is C24H22. The van der Waals surface area contributed by atoms with E-state index in [1.165, 1.54) is 50.1 Å². The van der Waals surface area contributed by atoms with Crippen molar-refractivity contribution in [2.75, 3.05) is 0 Å². The van der Waals surface area contributed by atoms with Crippen molar-refractivity contribution in [2.24, 2.45) is 0 Å². The van der Waals surface area contributed by atoms with Crippen molar-refractivity contribution in [3.63, 3.8) is 0 Å². The molecule has 0 heterocycles. The van der Waals surface area contributed by atoms with Crippen molar-refractivity contribution in [2.45, 2.75) is 27.2 Å². The third kappa shape index (κ3) is 2.49. The second-order valence-corrected chi connectivity index (χ2v) is 6.86. The van der Waals surface area contributed by atoms with Gasteiger partial charge in [0.2, 0.25) is 0 Å². The molecule has 0 amide bonds. The molecule has 0 saturated carbocycles. The maximum atomic E-state index is 2.38. The van der Waals surface area contributed by atoms with Gasteiger partial charge in [0.1, 0.15) is 0 Å². The van der Waals surface area contributed by atoms with Crippen LogP contribution in [0.5, 0.6) is 0 Å². The van der Waals surface area contributed by atoms with Crippen LogP contribution in [0, 0.1) is 20.8 Å². The zero-order valence-electron chi connectivity index (χ0n) is 14.6. The Bertz CT molecular complexity index is 943. The average Bonchev–Trinajstić information content (AvgIpc) is 2.76. The first-order chi connectivity index (χ1) is 11.6. The Kier molecular flexibility index (Phi) is 3.61. The van der Waals surface area contributed by atoms with Crippen LogP contribution in [0.3, 0.4) is 0 Å². The Morgan fingerprint density at radius 2 is 1.50 bits per heavy atom. The number of benzene rings is 3. The highest BCUT2D eigenvalue weighted by molar-refractivity contribution is 5.95. The minimum absolute atomic E-state index is 1.01. The van der Waals surface area contributed by atoms with E-state index in [0.717, 1.165) is 6.42 Å². The molecule has 0 aromatic heterocycles. The molecule has 0 atom stereocenters. The summed E-state index contributed by atoms with van der Waals surface area (Å²) in [5.74, 6) is 0. The first kappa shape index (κ1) is 15.0. The fraction of sp³-hybridized carbons (Fsp3) is 0.167. The summed E-state index contributed by atoms with van der Waals surface area (Å²) in [6.07, 6.45) is 3.39. The fourth-order valence-corrected chi connectivity index (χ4v) is 3.75. The number of hydrogen-bond donors (Lipinski definition) is 0. The Morgan fingerprint density at radius 3 is 2.29 bits per heavy atom. The molecule has 118 valence electrons. The highest BCUT2D eigenvalue weighted by Crippen LogP contribution is 2.37. The van der Waals surface area contributed by atoms with Crippen LogP contribution in [0.1, 0.15) is 44.5 Å². The lowest BCUT2D eigenvalue weighted by atomic mass is 9.87. The third-order valence-electron chi connectivity index (χ3n) is 5.08.